The van der Waals surface area contributed by atoms with Gasteiger partial charge in [-0.25, -0.2) is 4.79 Å². The summed E-state index contributed by atoms with van der Waals surface area (Å²) in [4.78, 5) is 18.7. The summed E-state index contributed by atoms with van der Waals surface area (Å²) in [6.07, 6.45) is -0.431. The average molecular weight is 562 g/mol. The third-order valence-corrected chi connectivity index (χ3v) is 4.75. The lowest BCUT2D eigenvalue weighted by molar-refractivity contribution is 0.0342. The lowest BCUT2D eigenvalue weighted by atomic mass is 10.1. The SMILES string of the molecule is CN=C(NCc1ccc(CN2CCOCC2)cc1)NCC(C)(C)NC(=O)OC(C)(C)C.I. The zero-order valence-corrected chi connectivity index (χ0v) is 22.6. The topological polar surface area (TPSA) is 87.2 Å². The number of nitrogens with one attached hydrogen (secondary N) is 3. The smallest absolute Gasteiger partial charge is 0.408 e. The number of rotatable bonds is 7. The van der Waals surface area contributed by atoms with Crippen LogP contribution in [0.15, 0.2) is 29.3 Å². The maximum atomic E-state index is 12.0. The highest BCUT2D eigenvalue weighted by molar-refractivity contribution is 14.0. The molecule has 1 saturated heterocycles. The molecule has 0 aromatic heterocycles. The number of ether oxygens (including phenoxy) is 2. The number of carbonyl (C=O) groups excluding carboxylic acids is 1. The van der Waals surface area contributed by atoms with Gasteiger partial charge in [-0.1, -0.05) is 24.3 Å². The van der Waals surface area contributed by atoms with Crippen molar-refractivity contribution in [3.8, 4) is 0 Å². The monoisotopic (exact) mass is 561 g/mol. The van der Waals surface area contributed by atoms with Crippen LogP contribution in [0.2, 0.25) is 0 Å². The molecule has 9 heteroatoms. The van der Waals surface area contributed by atoms with Crippen LogP contribution in [0.3, 0.4) is 0 Å². The first-order valence-corrected chi connectivity index (χ1v) is 10.9. The van der Waals surface area contributed by atoms with Crippen molar-refractivity contribution < 1.29 is 14.3 Å². The summed E-state index contributed by atoms with van der Waals surface area (Å²) in [5, 5.41) is 9.47. The van der Waals surface area contributed by atoms with Crippen molar-refractivity contribution >= 4 is 36.0 Å². The molecule has 0 atom stereocenters. The molecule has 1 aromatic carbocycles. The van der Waals surface area contributed by atoms with Crippen molar-refractivity contribution in [2.75, 3.05) is 39.9 Å². The second-order valence-electron chi connectivity index (χ2n) is 9.50. The predicted octanol–water partition coefficient (Wildman–Crippen LogP) is 3.11. The third kappa shape index (κ3) is 11.3. The summed E-state index contributed by atoms with van der Waals surface area (Å²) in [5.41, 5.74) is 1.47. The minimum atomic E-state index is -0.525. The van der Waals surface area contributed by atoms with E-state index in [1.807, 2.05) is 34.6 Å². The van der Waals surface area contributed by atoms with E-state index in [1.165, 1.54) is 11.1 Å². The molecule has 0 bridgehead atoms. The van der Waals surface area contributed by atoms with E-state index < -0.39 is 17.2 Å². The van der Waals surface area contributed by atoms with Gasteiger partial charge in [0.1, 0.15) is 5.60 Å². The number of alkyl carbamates (subject to hydrolysis) is 1. The molecule has 1 fully saturated rings. The van der Waals surface area contributed by atoms with Gasteiger partial charge in [0.15, 0.2) is 5.96 Å². The van der Waals surface area contributed by atoms with Crippen LogP contribution in [-0.4, -0.2) is 68.0 Å². The quantitative estimate of drug-likeness (QED) is 0.270. The molecule has 1 amide bonds. The van der Waals surface area contributed by atoms with E-state index >= 15 is 0 Å². The molecule has 8 nitrogen and oxygen atoms in total. The van der Waals surface area contributed by atoms with Gasteiger partial charge in [0.2, 0.25) is 0 Å². The van der Waals surface area contributed by atoms with E-state index in [1.54, 1.807) is 7.05 Å². The first-order valence-electron chi connectivity index (χ1n) is 10.9. The maximum Gasteiger partial charge on any atom is 0.408 e. The summed E-state index contributed by atoms with van der Waals surface area (Å²) < 4.78 is 10.7. The van der Waals surface area contributed by atoms with Crippen LogP contribution in [0.5, 0.6) is 0 Å². The number of guanidine groups is 1. The van der Waals surface area contributed by atoms with Crippen LogP contribution >= 0.6 is 24.0 Å². The van der Waals surface area contributed by atoms with Crippen molar-refractivity contribution in [1.82, 2.24) is 20.9 Å². The molecular formula is C23H40IN5O3. The normalized spacial score (nSPS) is 15.5. The molecule has 0 spiro atoms. The zero-order valence-electron chi connectivity index (χ0n) is 20.3. The molecule has 1 aliphatic heterocycles. The third-order valence-electron chi connectivity index (χ3n) is 4.75. The predicted molar refractivity (Wildman–Crippen MR) is 140 cm³/mol. The van der Waals surface area contributed by atoms with E-state index in [9.17, 15) is 4.79 Å². The van der Waals surface area contributed by atoms with Gasteiger partial charge in [0.05, 0.1) is 18.8 Å². The van der Waals surface area contributed by atoms with E-state index in [0.717, 1.165) is 32.8 Å². The number of aliphatic imine (C=N–C) groups is 1. The molecule has 1 heterocycles. The van der Waals surface area contributed by atoms with Crippen molar-refractivity contribution in [3.63, 3.8) is 0 Å². The van der Waals surface area contributed by atoms with Crippen LogP contribution in [0.4, 0.5) is 4.79 Å². The first-order chi connectivity index (χ1) is 14.6. The Hall–Kier alpha value is -1.59. The van der Waals surface area contributed by atoms with E-state index in [4.69, 9.17) is 9.47 Å². The van der Waals surface area contributed by atoms with Crippen molar-refractivity contribution in [1.29, 1.82) is 0 Å². The minimum Gasteiger partial charge on any atom is -0.444 e. The Bertz CT molecular complexity index is 726. The second kappa shape index (κ2) is 13.2. The summed E-state index contributed by atoms with van der Waals surface area (Å²) in [7, 11) is 1.73. The number of morpholine rings is 1. The zero-order chi connectivity index (χ0) is 22.9. The molecule has 0 unspecified atom stereocenters. The van der Waals surface area contributed by atoms with Crippen molar-refractivity contribution in [2.24, 2.45) is 4.99 Å². The second-order valence-corrected chi connectivity index (χ2v) is 9.50. The molecule has 182 valence electrons. The highest BCUT2D eigenvalue weighted by atomic mass is 127. The Kier molecular flexibility index (Phi) is 11.7. The summed E-state index contributed by atoms with van der Waals surface area (Å²) in [6.45, 7) is 15.2. The standard InChI is InChI=1S/C23H39N5O3.HI/c1-22(2,3)31-21(29)27-23(4,5)17-26-20(24-6)25-15-18-7-9-19(10-8-18)16-28-11-13-30-14-12-28;/h7-10H,11-17H2,1-6H3,(H,27,29)(H2,24,25,26);1H. The largest absolute Gasteiger partial charge is 0.444 e. The Morgan fingerprint density at radius 3 is 2.22 bits per heavy atom. The van der Waals surface area contributed by atoms with Gasteiger partial charge in [-0.2, -0.15) is 0 Å². The van der Waals surface area contributed by atoms with E-state index in [-0.39, 0.29) is 24.0 Å². The highest BCUT2D eigenvalue weighted by Crippen LogP contribution is 2.10. The van der Waals surface area contributed by atoms with Crippen LogP contribution < -0.4 is 16.0 Å². The average Bonchev–Trinajstić information content (AvgIpc) is 2.68. The van der Waals surface area contributed by atoms with Gasteiger partial charge in [-0.3, -0.25) is 9.89 Å². The van der Waals surface area contributed by atoms with E-state index in [0.29, 0.717) is 19.0 Å². The number of hydrogen-bond donors (Lipinski definition) is 3. The fourth-order valence-corrected chi connectivity index (χ4v) is 3.12. The number of nitrogens with zero attached hydrogens (tertiary/aromatic N) is 2. The van der Waals surface area contributed by atoms with Gasteiger partial charge in [-0.05, 0) is 45.7 Å². The van der Waals surface area contributed by atoms with Gasteiger partial charge in [-0.15, -0.1) is 24.0 Å². The number of amides is 1. The Labute approximate surface area is 209 Å². The molecule has 32 heavy (non-hydrogen) atoms. The lowest BCUT2D eigenvalue weighted by Crippen LogP contribution is -2.54. The molecule has 0 saturated carbocycles. The number of carbonyl (C=O) groups is 1. The van der Waals surface area contributed by atoms with Crippen molar-refractivity contribution in [3.05, 3.63) is 35.4 Å². The van der Waals surface area contributed by atoms with Crippen LogP contribution in [-0.2, 0) is 22.6 Å². The molecule has 0 aliphatic carbocycles. The highest BCUT2D eigenvalue weighted by Gasteiger charge is 2.24. The minimum absolute atomic E-state index is 0. The van der Waals surface area contributed by atoms with Crippen LogP contribution in [0.1, 0.15) is 45.7 Å². The van der Waals surface area contributed by atoms with Gasteiger partial charge in [0, 0.05) is 39.8 Å². The first kappa shape index (κ1) is 28.4. The summed E-state index contributed by atoms with van der Waals surface area (Å²) >= 11 is 0. The fourth-order valence-electron chi connectivity index (χ4n) is 3.12. The summed E-state index contributed by atoms with van der Waals surface area (Å²) in [5.74, 6) is 0.677. The number of halogens is 1. The maximum absolute atomic E-state index is 12.0. The molecule has 3 N–H and O–H groups in total. The Balaban J connectivity index is 0.00000512. The fraction of sp³-hybridized carbons (Fsp3) is 0.652. The lowest BCUT2D eigenvalue weighted by Gasteiger charge is -2.29. The molecule has 1 aromatic rings. The van der Waals surface area contributed by atoms with Crippen LogP contribution in [0.25, 0.3) is 0 Å². The van der Waals surface area contributed by atoms with Crippen molar-refractivity contribution in [2.45, 2.75) is 58.8 Å². The van der Waals surface area contributed by atoms with Gasteiger partial charge < -0.3 is 25.4 Å². The molecule has 1 aliphatic rings. The molecule has 2 rings (SSSR count). The van der Waals surface area contributed by atoms with Crippen LogP contribution in [0, 0.1) is 0 Å². The Morgan fingerprint density at radius 2 is 1.66 bits per heavy atom. The van der Waals surface area contributed by atoms with Gasteiger partial charge >= 0.3 is 6.09 Å². The van der Waals surface area contributed by atoms with Gasteiger partial charge in [0.25, 0.3) is 0 Å². The number of benzene rings is 1. The van der Waals surface area contributed by atoms with E-state index in [2.05, 4.69) is 50.1 Å². The Morgan fingerprint density at radius 1 is 1.06 bits per heavy atom. The number of hydrogen-bond acceptors (Lipinski definition) is 5. The molecule has 0 radical (unpaired) electrons. The summed E-state index contributed by atoms with van der Waals surface area (Å²) in [6, 6.07) is 8.64. The molecular weight excluding hydrogens is 521 g/mol.